The Kier molecular flexibility index (Phi) is 4.04. The molecule has 1 fully saturated rings. The molecule has 120 valence electrons. The van der Waals surface area contributed by atoms with E-state index in [4.69, 9.17) is 16.1 Å². The molecular weight excluding hydrogens is 325 g/mol. The number of rotatable bonds is 3. The molecule has 0 spiro atoms. The molecule has 1 aromatic heterocycles. The monoisotopic (exact) mass is 337 g/mol. The summed E-state index contributed by atoms with van der Waals surface area (Å²) in [4.78, 5) is 25.7. The SMILES string of the molecule is Cc1cc(C(=O)N2CC(C(=O)Nc3ccc(F)c(Cl)c3)C2)no1. The average molecular weight is 338 g/mol. The van der Waals surface area contributed by atoms with Crippen LogP contribution in [0.1, 0.15) is 16.2 Å². The number of likely N-dealkylation sites (tertiary alicyclic amines) is 1. The van der Waals surface area contributed by atoms with Crippen LogP contribution in [0.4, 0.5) is 10.1 Å². The highest BCUT2D eigenvalue weighted by Crippen LogP contribution is 2.23. The minimum absolute atomic E-state index is 0.0605. The highest BCUT2D eigenvalue weighted by atomic mass is 35.5. The van der Waals surface area contributed by atoms with Crippen LogP contribution in [0.25, 0.3) is 0 Å². The summed E-state index contributed by atoms with van der Waals surface area (Å²) in [5.41, 5.74) is 0.643. The van der Waals surface area contributed by atoms with Crippen molar-refractivity contribution in [2.24, 2.45) is 5.92 Å². The standard InChI is InChI=1S/C15H13ClFN3O3/c1-8-4-13(19-23-8)15(22)20-6-9(7-20)14(21)18-10-2-3-12(17)11(16)5-10/h2-5,9H,6-7H2,1H3,(H,18,21). The number of hydrogen-bond acceptors (Lipinski definition) is 4. The summed E-state index contributed by atoms with van der Waals surface area (Å²) in [6.07, 6.45) is 0. The molecule has 0 unspecified atom stereocenters. The topological polar surface area (TPSA) is 75.4 Å². The van der Waals surface area contributed by atoms with Gasteiger partial charge in [0.25, 0.3) is 5.91 Å². The molecule has 2 aromatic rings. The van der Waals surface area contributed by atoms with E-state index in [0.29, 0.717) is 24.5 Å². The van der Waals surface area contributed by atoms with Gasteiger partial charge in [-0.15, -0.1) is 0 Å². The van der Waals surface area contributed by atoms with E-state index in [2.05, 4.69) is 10.5 Å². The predicted molar refractivity (Wildman–Crippen MR) is 80.7 cm³/mol. The molecule has 0 atom stereocenters. The first-order valence-corrected chi connectivity index (χ1v) is 7.30. The van der Waals surface area contributed by atoms with Gasteiger partial charge in [-0.25, -0.2) is 4.39 Å². The van der Waals surface area contributed by atoms with Crippen LogP contribution in [0.2, 0.25) is 5.02 Å². The highest BCUT2D eigenvalue weighted by Gasteiger charge is 2.37. The van der Waals surface area contributed by atoms with Gasteiger partial charge in [-0.05, 0) is 25.1 Å². The zero-order chi connectivity index (χ0) is 16.6. The van der Waals surface area contributed by atoms with Crippen molar-refractivity contribution >= 4 is 29.1 Å². The van der Waals surface area contributed by atoms with Gasteiger partial charge >= 0.3 is 0 Å². The van der Waals surface area contributed by atoms with Crippen LogP contribution >= 0.6 is 11.6 Å². The third-order valence-corrected chi connectivity index (χ3v) is 3.86. The lowest BCUT2D eigenvalue weighted by Gasteiger charge is -2.37. The summed E-state index contributed by atoms with van der Waals surface area (Å²) in [6, 6.07) is 5.51. The maximum Gasteiger partial charge on any atom is 0.276 e. The van der Waals surface area contributed by atoms with Crippen molar-refractivity contribution in [2.45, 2.75) is 6.92 Å². The lowest BCUT2D eigenvalue weighted by molar-refractivity contribution is -0.123. The Labute approximate surface area is 136 Å². The third kappa shape index (κ3) is 3.19. The second-order valence-electron chi connectivity index (χ2n) is 5.35. The Balaban J connectivity index is 1.55. The van der Waals surface area contributed by atoms with Crippen LogP contribution < -0.4 is 5.32 Å². The molecule has 1 saturated heterocycles. The molecule has 1 aliphatic rings. The molecule has 0 radical (unpaired) electrons. The van der Waals surface area contributed by atoms with Crippen molar-refractivity contribution in [1.82, 2.24) is 10.1 Å². The fourth-order valence-electron chi connectivity index (χ4n) is 2.26. The first-order valence-electron chi connectivity index (χ1n) is 6.92. The Bertz CT molecular complexity index is 771. The summed E-state index contributed by atoms with van der Waals surface area (Å²) in [7, 11) is 0. The van der Waals surface area contributed by atoms with E-state index in [9.17, 15) is 14.0 Å². The smallest absolute Gasteiger partial charge is 0.276 e. The molecule has 3 rings (SSSR count). The Morgan fingerprint density at radius 3 is 2.74 bits per heavy atom. The van der Waals surface area contributed by atoms with E-state index >= 15 is 0 Å². The number of carbonyl (C=O) groups excluding carboxylic acids is 2. The second-order valence-corrected chi connectivity index (χ2v) is 5.76. The summed E-state index contributed by atoms with van der Waals surface area (Å²) < 4.78 is 17.9. The van der Waals surface area contributed by atoms with Crippen molar-refractivity contribution < 1.29 is 18.5 Å². The summed E-state index contributed by atoms with van der Waals surface area (Å²) in [5, 5.41) is 6.25. The molecule has 0 aliphatic carbocycles. The van der Waals surface area contributed by atoms with Crippen molar-refractivity contribution in [3.63, 3.8) is 0 Å². The van der Waals surface area contributed by atoms with Gasteiger partial charge in [0.2, 0.25) is 5.91 Å². The zero-order valence-electron chi connectivity index (χ0n) is 12.2. The van der Waals surface area contributed by atoms with Gasteiger partial charge in [0, 0.05) is 24.8 Å². The maximum atomic E-state index is 13.1. The van der Waals surface area contributed by atoms with E-state index in [-0.39, 0.29) is 28.4 Å². The fraction of sp³-hybridized carbons (Fsp3) is 0.267. The van der Waals surface area contributed by atoms with Gasteiger partial charge in [-0.3, -0.25) is 9.59 Å². The number of amides is 2. The van der Waals surface area contributed by atoms with Crippen LogP contribution in [-0.4, -0.2) is 35.0 Å². The second kappa shape index (κ2) is 6.00. The third-order valence-electron chi connectivity index (χ3n) is 3.57. The first-order chi connectivity index (χ1) is 10.9. The Hall–Kier alpha value is -2.41. The molecular formula is C15H13ClFN3O3. The lowest BCUT2D eigenvalue weighted by Crippen LogP contribution is -2.54. The first kappa shape index (κ1) is 15.5. The van der Waals surface area contributed by atoms with Crippen LogP contribution in [0.5, 0.6) is 0 Å². The minimum atomic E-state index is -0.548. The maximum absolute atomic E-state index is 13.1. The number of carbonyl (C=O) groups is 2. The van der Waals surface area contributed by atoms with E-state index < -0.39 is 5.82 Å². The van der Waals surface area contributed by atoms with Crippen LogP contribution in [0, 0.1) is 18.7 Å². The number of nitrogens with zero attached hydrogens (tertiary/aromatic N) is 2. The van der Waals surface area contributed by atoms with Gasteiger partial charge in [-0.1, -0.05) is 16.8 Å². The average Bonchev–Trinajstić information content (AvgIpc) is 2.88. The molecule has 0 bridgehead atoms. The zero-order valence-corrected chi connectivity index (χ0v) is 12.9. The van der Waals surface area contributed by atoms with E-state index in [0.717, 1.165) is 0 Å². The van der Waals surface area contributed by atoms with Crippen molar-refractivity contribution in [3.8, 4) is 0 Å². The van der Waals surface area contributed by atoms with E-state index in [1.807, 2.05) is 0 Å². The molecule has 23 heavy (non-hydrogen) atoms. The quantitative estimate of drug-likeness (QED) is 0.933. The van der Waals surface area contributed by atoms with Crippen molar-refractivity contribution in [2.75, 3.05) is 18.4 Å². The van der Waals surface area contributed by atoms with Crippen LogP contribution in [-0.2, 0) is 4.79 Å². The fourth-order valence-corrected chi connectivity index (χ4v) is 2.44. The number of aryl methyl sites for hydroxylation is 1. The summed E-state index contributed by atoms with van der Waals surface area (Å²) in [5.74, 6) is -0.830. The number of hydrogen-bond donors (Lipinski definition) is 1. The normalized spacial score (nSPS) is 14.5. The number of nitrogens with one attached hydrogen (secondary N) is 1. The molecule has 1 aromatic carbocycles. The van der Waals surface area contributed by atoms with E-state index in [1.54, 1.807) is 13.0 Å². The van der Waals surface area contributed by atoms with Gasteiger partial charge in [0.1, 0.15) is 11.6 Å². The summed E-state index contributed by atoms with van der Waals surface area (Å²) in [6.45, 7) is 2.29. The summed E-state index contributed by atoms with van der Waals surface area (Å²) >= 11 is 5.66. The molecule has 2 amide bonds. The van der Waals surface area contributed by atoms with Gasteiger partial charge in [0.05, 0.1) is 10.9 Å². The van der Waals surface area contributed by atoms with Gasteiger partial charge in [-0.2, -0.15) is 0 Å². The van der Waals surface area contributed by atoms with Crippen molar-refractivity contribution in [3.05, 3.63) is 46.6 Å². The molecule has 1 N–H and O–H groups in total. The number of aromatic nitrogens is 1. The minimum Gasteiger partial charge on any atom is -0.361 e. The highest BCUT2D eigenvalue weighted by molar-refractivity contribution is 6.31. The number of anilines is 1. The molecule has 2 heterocycles. The molecule has 8 heteroatoms. The Morgan fingerprint density at radius 1 is 1.39 bits per heavy atom. The van der Waals surface area contributed by atoms with Crippen LogP contribution in [0.15, 0.2) is 28.8 Å². The molecule has 6 nitrogen and oxygen atoms in total. The van der Waals surface area contributed by atoms with Gasteiger partial charge < -0.3 is 14.7 Å². The molecule has 1 aliphatic heterocycles. The largest absolute Gasteiger partial charge is 0.361 e. The predicted octanol–water partition coefficient (Wildman–Crippen LogP) is 2.49. The number of halogens is 2. The lowest BCUT2D eigenvalue weighted by atomic mass is 9.98. The Morgan fingerprint density at radius 2 is 2.13 bits per heavy atom. The van der Waals surface area contributed by atoms with Gasteiger partial charge in [0.15, 0.2) is 5.69 Å². The van der Waals surface area contributed by atoms with E-state index in [1.165, 1.54) is 23.1 Å². The van der Waals surface area contributed by atoms with Crippen LogP contribution in [0.3, 0.4) is 0 Å². The number of benzene rings is 1. The molecule has 0 saturated carbocycles. The van der Waals surface area contributed by atoms with Crippen molar-refractivity contribution in [1.29, 1.82) is 0 Å².